The molecule has 20 atom stereocenters. The van der Waals surface area contributed by atoms with Crippen LogP contribution in [0, 0.1) is 0 Å². The number of aliphatic hydroxyl groups excluding tert-OH is 1. The number of ether oxygens (including phenoxy) is 8. The zero-order valence-electron chi connectivity index (χ0n) is 52.2. The topological polar surface area (TPSA) is 391 Å². The van der Waals surface area contributed by atoms with Crippen LogP contribution in [-0.2, 0) is 90.6 Å². The van der Waals surface area contributed by atoms with Crippen molar-refractivity contribution < 1.29 is 107 Å². The Morgan fingerprint density at radius 3 is 1.34 bits per heavy atom. The SMILES string of the molecule is C=CCOc1ncnc2c1ncn2[C@@H]1O[C@@H]2COP(O)(=S)O[C@H]3[C@@H](F)[C@H](n4cnc5c(OCC=C)ncnc54)O[C@@H]3COP(C)(=S)O[C@H]2[C@H]1F.C=CCOc1ncnc2c1ncn2[C@@H]1O[C@H](COP(C)(=S)O[C@H]2[C@@H](F)[C@H](n3cnc4c(OCC=C)ncnc43)O[C@@H]2CO)[C@@H](O[P+](=O)O)[C@H]1F. The molecule has 0 bridgehead atoms. The van der Waals surface area contributed by atoms with Gasteiger partial charge in [0, 0.05) is 17.9 Å². The van der Waals surface area contributed by atoms with Crippen molar-refractivity contribution >= 4 is 108 Å². The summed E-state index contributed by atoms with van der Waals surface area (Å²) in [6.45, 7) is 5.01. The predicted molar refractivity (Wildman–Crippen MR) is 350 cm³/mol. The zero-order chi connectivity index (χ0) is 70.8. The highest BCUT2D eigenvalue weighted by atomic mass is 32.5. The summed E-state index contributed by atoms with van der Waals surface area (Å²) in [5.41, 5.74) is 1.77. The predicted octanol–water partition coefficient (Wildman–Crippen LogP) is 5.88. The largest absolute Gasteiger partial charge is 0.695 e. The fourth-order valence-corrected chi connectivity index (χ4v) is 16.3. The van der Waals surface area contributed by atoms with E-state index in [-0.39, 0.29) is 101 Å². The van der Waals surface area contributed by atoms with Gasteiger partial charge in [-0.1, -0.05) is 50.6 Å². The van der Waals surface area contributed by atoms with Gasteiger partial charge in [0.2, 0.25) is 23.5 Å². The lowest BCUT2D eigenvalue weighted by Crippen LogP contribution is -2.37. The molecule has 13 heterocycles. The maximum atomic E-state index is 16.3. The van der Waals surface area contributed by atoms with Crippen LogP contribution in [0.25, 0.3) is 44.7 Å². The quantitative estimate of drug-likeness (QED) is 0.0361. The molecule has 13 rings (SSSR count). The third-order valence-corrected chi connectivity index (χ3v) is 21.1. The summed E-state index contributed by atoms with van der Waals surface area (Å²) in [5.74, 6) is 0.609. The third kappa shape index (κ3) is 15.4. The van der Waals surface area contributed by atoms with Crippen molar-refractivity contribution in [1.29, 1.82) is 0 Å². The van der Waals surface area contributed by atoms with E-state index in [2.05, 4.69) is 86.1 Å². The summed E-state index contributed by atoms with van der Waals surface area (Å²) < 4.78 is 168. The standard InChI is InChI=1S/C27H30F2N8O10P2S.C27H30F2N8O9P2S2/c1-4-6-41-24-18-22(30-10-32-24)36(12-34-18)26-16(28)20(46-48(39)40)15(45-26)9-43-49(3,50)47-21-14(8-38)44-27(17(21)29)37-13-35-19-23(37)31-11-33-25(19)42-7-5-2;1-4-6-39-24-18-22(30-10-32-24)36(12-34-18)26-16(28)20-15(44-26)9-42-48(38,50)46-21-14(8-41-47(3,49)45-20)43-27(17(21)29)37-13-35-19-23(37)31-11-33-25(19)40-7-5-2/h4-5,10-17,20-21,26-27,38H,1-2,6-9H2,3H3;4-5,10-17,20-21,26-27H,1-2,6-9H2,3H3,(H,38,50)/p+1/t14-,15-,16-,17-,20-,21-,26-,27-,49?;14-,15-,16-,17-,20-,21-,26-,27-,47?,48?/m11/s1. The molecular formula is C54H61F4N16O19P4S3+. The molecule has 35 nitrogen and oxygen atoms in total. The van der Waals surface area contributed by atoms with E-state index in [1.165, 1.54) is 107 Å². The molecular weight excluding hydrogens is 1470 g/mol. The number of hydrogen-bond donors (Lipinski definition) is 3. The van der Waals surface area contributed by atoms with E-state index >= 15 is 17.6 Å². The van der Waals surface area contributed by atoms with Crippen LogP contribution in [0.15, 0.2) is 101 Å². The van der Waals surface area contributed by atoms with E-state index in [4.69, 9.17) is 105 Å². The van der Waals surface area contributed by atoms with Crippen molar-refractivity contribution in [2.75, 3.05) is 66.2 Å². The fraction of sp³-hybridized carbons (Fsp3) is 0.481. The second-order valence-electron chi connectivity index (χ2n) is 22.0. The van der Waals surface area contributed by atoms with Gasteiger partial charge in [0.15, 0.2) is 113 Å². The Balaban J connectivity index is 0.000000190. The smallest absolute Gasteiger partial charge is 0.472 e. The van der Waals surface area contributed by atoms with Gasteiger partial charge in [-0.25, -0.2) is 57.4 Å². The van der Waals surface area contributed by atoms with Crippen LogP contribution in [0.1, 0.15) is 24.9 Å². The second-order valence-corrected chi connectivity index (χ2v) is 33.5. The minimum Gasteiger partial charge on any atom is -0.472 e. The van der Waals surface area contributed by atoms with Gasteiger partial charge in [-0.3, -0.25) is 22.8 Å². The molecule has 536 valence electrons. The number of fused-ring (bicyclic) bond motifs is 6. The number of rotatable bonds is 24. The van der Waals surface area contributed by atoms with Gasteiger partial charge in [-0.05, 0) is 35.4 Å². The molecule has 0 spiro atoms. The highest BCUT2D eigenvalue weighted by molar-refractivity contribution is 8.10. The van der Waals surface area contributed by atoms with Crippen LogP contribution >= 0.6 is 28.0 Å². The summed E-state index contributed by atoms with van der Waals surface area (Å²) in [4.78, 5) is 70.7. The number of alkyl halides is 4. The third-order valence-electron chi connectivity index (χ3n) is 15.4. The molecule has 0 radical (unpaired) electrons. The molecule has 5 aliphatic heterocycles. The number of imidazole rings is 4. The first kappa shape index (κ1) is 73.3. The molecule has 4 unspecified atom stereocenters. The van der Waals surface area contributed by atoms with E-state index in [0.29, 0.717) is 0 Å². The van der Waals surface area contributed by atoms with Crippen molar-refractivity contribution in [2.45, 2.75) is 98.4 Å². The number of halogens is 4. The lowest BCUT2D eigenvalue weighted by atomic mass is 10.1. The summed E-state index contributed by atoms with van der Waals surface area (Å²) in [6, 6.07) is 0. The number of nitrogens with zero attached hydrogens (tertiary/aromatic N) is 16. The highest BCUT2D eigenvalue weighted by Gasteiger charge is 2.56. The van der Waals surface area contributed by atoms with Gasteiger partial charge < -0.3 is 70.5 Å². The maximum Gasteiger partial charge on any atom is 0.695 e. The van der Waals surface area contributed by atoms with Crippen LogP contribution in [0.2, 0.25) is 0 Å². The minimum atomic E-state index is -4.22. The molecule has 0 aromatic carbocycles. The molecule has 5 fully saturated rings. The van der Waals surface area contributed by atoms with Gasteiger partial charge in [0.05, 0.1) is 51.7 Å². The molecule has 46 heteroatoms. The highest BCUT2D eigenvalue weighted by Crippen LogP contribution is 2.56. The molecule has 5 saturated heterocycles. The molecule has 3 N–H and O–H groups in total. The summed E-state index contributed by atoms with van der Waals surface area (Å²) >= 11 is 16.5. The Kier molecular flexibility index (Phi) is 22.9. The van der Waals surface area contributed by atoms with E-state index in [1.807, 2.05) is 0 Å². The summed E-state index contributed by atoms with van der Waals surface area (Å²) in [6.07, 6.45) is -7.62. The van der Waals surface area contributed by atoms with Gasteiger partial charge in [-0.15, -0.1) is 9.42 Å². The van der Waals surface area contributed by atoms with E-state index in [9.17, 15) is 19.5 Å². The Bertz CT molecular complexity index is 4330. The number of aliphatic hydroxyl groups is 1. The number of aromatic nitrogens is 16. The van der Waals surface area contributed by atoms with E-state index < -0.39 is 146 Å². The van der Waals surface area contributed by atoms with Crippen molar-refractivity contribution in [2.24, 2.45) is 0 Å². The molecule has 8 aromatic rings. The zero-order valence-corrected chi connectivity index (χ0v) is 58.2. The first-order valence-electron chi connectivity index (χ1n) is 29.8. The Labute approximate surface area is 579 Å². The average molecular weight is 1530 g/mol. The summed E-state index contributed by atoms with van der Waals surface area (Å²) in [7, 11) is -3.27. The first-order valence-corrected chi connectivity index (χ1v) is 39.7. The van der Waals surface area contributed by atoms with Gasteiger partial charge >= 0.3 is 15.0 Å². The first-order chi connectivity index (χ1) is 48.1. The van der Waals surface area contributed by atoms with Crippen LogP contribution in [-0.4, -0.2) is 233 Å². The Hall–Kier alpha value is -6.43. The van der Waals surface area contributed by atoms with Crippen LogP contribution in [0.4, 0.5) is 17.6 Å². The molecule has 100 heavy (non-hydrogen) atoms. The van der Waals surface area contributed by atoms with Crippen LogP contribution < -0.4 is 18.9 Å². The van der Waals surface area contributed by atoms with Crippen molar-refractivity contribution in [3.05, 3.63) is 101 Å². The summed E-state index contributed by atoms with van der Waals surface area (Å²) in [5, 5.41) is 10.1. The Morgan fingerprint density at radius 2 is 0.950 bits per heavy atom. The van der Waals surface area contributed by atoms with E-state index in [0.717, 1.165) is 0 Å². The van der Waals surface area contributed by atoms with Gasteiger partial charge in [0.25, 0.3) is 0 Å². The van der Waals surface area contributed by atoms with Crippen molar-refractivity contribution in [1.82, 2.24) is 78.1 Å². The normalized spacial score (nSPS) is 31.5. The Morgan fingerprint density at radius 1 is 0.580 bits per heavy atom. The molecule has 5 aliphatic rings. The van der Waals surface area contributed by atoms with Gasteiger partial charge in [0.1, 0.15) is 94.5 Å². The van der Waals surface area contributed by atoms with Crippen LogP contribution in [0.5, 0.6) is 23.5 Å². The number of hydrogen-bond acceptors (Lipinski definition) is 32. The molecule has 0 amide bonds. The maximum absolute atomic E-state index is 16.3. The molecule has 0 aliphatic carbocycles. The van der Waals surface area contributed by atoms with Crippen molar-refractivity contribution in [3.63, 3.8) is 0 Å². The fourth-order valence-electron chi connectivity index (χ4n) is 11.1. The monoisotopic (exact) mass is 1530 g/mol. The molecule has 0 saturated carbocycles. The van der Waals surface area contributed by atoms with E-state index in [1.54, 1.807) is 0 Å². The van der Waals surface area contributed by atoms with Crippen molar-refractivity contribution in [3.8, 4) is 23.5 Å². The van der Waals surface area contributed by atoms with Gasteiger partial charge in [-0.2, -0.15) is 19.9 Å². The molecule has 8 aromatic heterocycles. The lowest BCUT2D eigenvalue weighted by Gasteiger charge is -2.30. The minimum absolute atomic E-state index is 0.124. The van der Waals surface area contributed by atoms with Crippen LogP contribution in [0.3, 0.4) is 0 Å². The lowest BCUT2D eigenvalue weighted by molar-refractivity contribution is -0.0549. The second kappa shape index (κ2) is 31.3. The average Bonchev–Trinajstić information content (AvgIpc) is 1.63.